The number of likely N-dealkylation sites (tertiary alicyclic amines) is 1. The van der Waals surface area contributed by atoms with E-state index in [2.05, 4.69) is 21.9 Å². The molecule has 1 aromatic heterocycles. The van der Waals surface area contributed by atoms with E-state index in [-0.39, 0.29) is 11.3 Å². The third kappa shape index (κ3) is 3.26. The quantitative estimate of drug-likeness (QED) is 0.862. The van der Waals surface area contributed by atoms with Crippen LogP contribution in [-0.4, -0.2) is 55.7 Å². The van der Waals surface area contributed by atoms with Gasteiger partial charge >= 0.3 is 0 Å². The predicted molar refractivity (Wildman–Crippen MR) is 74.9 cm³/mol. The number of anilines is 1. The van der Waals surface area contributed by atoms with Gasteiger partial charge in [-0.25, -0.2) is 4.98 Å². The van der Waals surface area contributed by atoms with Gasteiger partial charge in [0.05, 0.1) is 13.4 Å². The molecule has 1 aromatic rings. The summed E-state index contributed by atoms with van der Waals surface area (Å²) < 4.78 is 5.15. The molecule has 6 nitrogen and oxygen atoms in total. The van der Waals surface area contributed by atoms with Crippen molar-refractivity contribution < 1.29 is 4.74 Å². The van der Waals surface area contributed by atoms with E-state index in [0.717, 1.165) is 19.6 Å². The molecule has 0 atom stereocenters. The van der Waals surface area contributed by atoms with Crippen LogP contribution >= 0.6 is 0 Å². The number of ether oxygens (including phenoxy) is 1. The second-order valence-corrected chi connectivity index (χ2v) is 5.22. The van der Waals surface area contributed by atoms with Crippen LogP contribution in [0.3, 0.4) is 0 Å². The fraction of sp³-hybridized carbons (Fsp3) is 0.692. The molecule has 1 saturated heterocycles. The summed E-state index contributed by atoms with van der Waals surface area (Å²) in [4.78, 5) is 22.8. The Morgan fingerprint density at radius 1 is 1.53 bits per heavy atom. The number of nitrogens with one attached hydrogen (secondary N) is 1. The molecule has 2 rings (SSSR count). The van der Waals surface area contributed by atoms with Gasteiger partial charge in [0, 0.05) is 13.6 Å². The molecule has 2 heterocycles. The SMILES string of the molecule is COc1c(N(C)CC2CCN(C)CC2)nc[nH]c1=O. The average molecular weight is 266 g/mol. The van der Waals surface area contributed by atoms with Crippen LogP contribution in [0.1, 0.15) is 12.8 Å². The number of aromatic amines is 1. The summed E-state index contributed by atoms with van der Waals surface area (Å²) in [6, 6.07) is 0. The van der Waals surface area contributed by atoms with Crippen LogP contribution in [0.25, 0.3) is 0 Å². The Kier molecular flexibility index (Phi) is 4.42. The number of rotatable bonds is 4. The highest BCUT2D eigenvalue weighted by molar-refractivity contribution is 5.49. The third-order valence-electron chi connectivity index (χ3n) is 3.73. The van der Waals surface area contributed by atoms with Gasteiger partial charge < -0.3 is 19.5 Å². The van der Waals surface area contributed by atoms with Crippen LogP contribution in [0.4, 0.5) is 5.82 Å². The van der Waals surface area contributed by atoms with Crippen molar-refractivity contribution in [2.75, 3.05) is 45.7 Å². The molecule has 0 spiro atoms. The van der Waals surface area contributed by atoms with E-state index >= 15 is 0 Å². The van der Waals surface area contributed by atoms with E-state index in [0.29, 0.717) is 11.7 Å². The van der Waals surface area contributed by atoms with Crippen molar-refractivity contribution in [1.82, 2.24) is 14.9 Å². The number of methoxy groups -OCH3 is 1. The lowest BCUT2D eigenvalue weighted by molar-refractivity contribution is 0.222. The van der Waals surface area contributed by atoms with E-state index in [9.17, 15) is 4.79 Å². The lowest BCUT2D eigenvalue weighted by Gasteiger charge is -2.32. The van der Waals surface area contributed by atoms with Gasteiger partial charge in [0.15, 0.2) is 5.82 Å². The Hall–Kier alpha value is -1.56. The number of aromatic nitrogens is 2. The van der Waals surface area contributed by atoms with Gasteiger partial charge in [-0.05, 0) is 38.9 Å². The minimum absolute atomic E-state index is 0.234. The van der Waals surface area contributed by atoms with Crippen molar-refractivity contribution in [1.29, 1.82) is 0 Å². The maximum absolute atomic E-state index is 11.7. The van der Waals surface area contributed by atoms with Gasteiger partial charge in [0.25, 0.3) is 5.56 Å². The molecule has 106 valence electrons. The summed E-state index contributed by atoms with van der Waals surface area (Å²) in [7, 11) is 5.61. The van der Waals surface area contributed by atoms with Gasteiger partial charge in [-0.3, -0.25) is 4.79 Å². The molecule has 0 aromatic carbocycles. The molecule has 0 unspecified atom stereocenters. The molecule has 19 heavy (non-hydrogen) atoms. The van der Waals surface area contributed by atoms with Crippen molar-refractivity contribution >= 4 is 5.82 Å². The zero-order valence-corrected chi connectivity index (χ0v) is 11.8. The van der Waals surface area contributed by atoms with Crippen LogP contribution in [-0.2, 0) is 0 Å². The molecule has 0 bridgehead atoms. The molecule has 0 aliphatic carbocycles. The maximum atomic E-state index is 11.7. The number of hydrogen-bond donors (Lipinski definition) is 1. The third-order valence-corrected chi connectivity index (χ3v) is 3.73. The summed E-state index contributed by atoms with van der Waals surface area (Å²) in [5.74, 6) is 1.55. The van der Waals surface area contributed by atoms with E-state index in [1.807, 2.05) is 11.9 Å². The van der Waals surface area contributed by atoms with Crippen molar-refractivity contribution in [3.8, 4) is 5.75 Å². The number of piperidine rings is 1. The lowest BCUT2D eigenvalue weighted by atomic mass is 9.97. The Morgan fingerprint density at radius 3 is 2.84 bits per heavy atom. The summed E-state index contributed by atoms with van der Waals surface area (Å²) in [5, 5.41) is 0. The van der Waals surface area contributed by atoms with Gasteiger partial charge in [-0.2, -0.15) is 0 Å². The predicted octanol–water partition coefficient (Wildman–Crippen LogP) is 0.556. The fourth-order valence-corrected chi connectivity index (χ4v) is 2.55. The number of nitrogens with zero attached hydrogens (tertiary/aromatic N) is 3. The Morgan fingerprint density at radius 2 is 2.21 bits per heavy atom. The first-order valence-corrected chi connectivity index (χ1v) is 6.63. The zero-order chi connectivity index (χ0) is 13.8. The highest BCUT2D eigenvalue weighted by Crippen LogP contribution is 2.23. The first-order valence-electron chi connectivity index (χ1n) is 6.63. The number of H-pyrrole nitrogens is 1. The first kappa shape index (κ1) is 13.9. The molecule has 1 N–H and O–H groups in total. The molecule has 0 radical (unpaired) electrons. The minimum Gasteiger partial charge on any atom is -0.489 e. The highest BCUT2D eigenvalue weighted by atomic mass is 16.5. The second-order valence-electron chi connectivity index (χ2n) is 5.22. The largest absolute Gasteiger partial charge is 0.489 e. The second kappa shape index (κ2) is 6.06. The van der Waals surface area contributed by atoms with Crippen molar-refractivity contribution in [2.24, 2.45) is 5.92 Å². The molecule has 0 saturated carbocycles. The average Bonchev–Trinajstić information content (AvgIpc) is 2.41. The minimum atomic E-state index is -0.234. The fourth-order valence-electron chi connectivity index (χ4n) is 2.55. The topological polar surface area (TPSA) is 61.5 Å². The number of hydrogen-bond acceptors (Lipinski definition) is 5. The maximum Gasteiger partial charge on any atom is 0.295 e. The molecule has 1 aliphatic heterocycles. The summed E-state index contributed by atoms with van der Waals surface area (Å²) >= 11 is 0. The van der Waals surface area contributed by atoms with Crippen LogP contribution in [0.15, 0.2) is 11.1 Å². The Labute approximate surface area is 113 Å². The van der Waals surface area contributed by atoms with E-state index < -0.39 is 0 Å². The van der Waals surface area contributed by atoms with Crippen LogP contribution in [0.2, 0.25) is 0 Å². The standard InChI is InChI=1S/C13H22N4O2/c1-16-6-4-10(5-7-16)8-17(2)12-11(19-3)13(18)15-9-14-12/h9-10H,4-8H2,1-3H3,(H,14,15,18). The van der Waals surface area contributed by atoms with Gasteiger partial charge in [0.2, 0.25) is 5.75 Å². The monoisotopic (exact) mass is 266 g/mol. The van der Waals surface area contributed by atoms with Gasteiger partial charge in [-0.15, -0.1) is 0 Å². The molecule has 1 fully saturated rings. The normalized spacial score (nSPS) is 17.4. The summed E-state index contributed by atoms with van der Waals surface area (Å²) in [6.45, 7) is 3.18. The molecular formula is C13H22N4O2. The van der Waals surface area contributed by atoms with Crippen LogP contribution in [0.5, 0.6) is 5.75 Å². The summed E-state index contributed by atoms with van der Waals surface area (Å²) in [5.41, 5.74) is -0.234. The van der Waals surface area contributed by atoms with E-state index in [1.165, 1.54) is 26.3 Å². The molecule has 6 heteroatoms. The van der Waals surface area contributed by atoms with E-state index in [4.69, 9.17) is 4.74 Å². The van der Waals surface area contributed by atoms with Crippen molar-refractivity contribution in [3.05, 3.63) is 16.7 Å². The zero-order valence-electron chi connectivity index (χ0n) is 11.8. The lowest BCUT2D eigenvalue weighted by Crippen LogP contribution is -2.36. The molecule has 0 amide bonds. The smallest absolute Gasteiger partial charge is 0.295 e. The summed E-state index contributed by atoms with van der Waals surface area (Å²) in [6.07, 6.45) is 3.80. The van der Waals surface area contributed by atoms with Crippen LogP contribution < -0.4 is 15.2 Å². The highest BCUT2D eigenvalue weighted by Gasteiger charge is 2.21. The van der Waals surface area contributed by atoms with Crippen molar-refractivity contribution in [3.63, 3.8) is 0 Å². The van der Waals surface area contributed by atoms with E-state index in [1.54, 1.807) is 0 Å². The molecular weight excluding hydrogens is 244 g/mol. The first-order chi connectivity index (χ1) is 9.11. The van der Waals surface area contributed by atoms with Crippen LogP contribution in [0, 0.1) is 5.92 Å². The Balaban J connectivity index is 2.05. The van der Waals surface area contributed by atoms with Crippen molar-refractivity contribution in [2.45, 2.75) is 12.8 Å². The van der Waals surface area contributed by atoms with Gasteiger partial charge in [-0.1, -0.05) is 0 Å². The Bertz CT molecular complexity index is 466. The van der Waals surface area contributed by atoms with Gasteiger partial charge in [0.1, 0.15) is 0 Å². The molecule has 1 aliphatic rings.